The van der Waals surface area contributed by atoms with Crippen molar-refractivity contribution in [2.45, 2.75) is 0 Å². The van der Waals surface area contributed by atoms with Gasteiger partial charge >= 0.3 is 0 Å². The summed E-state index contributed by atoms with van der Waals surface area (Å²) in [6, 6.07) is 13.1. The van der Waals surface area contributed by atoms with Crippen LogP contribution in [0.15, 0.2) is 71.5 Å². The van der Waals surface area contributed by atoms with Gasteiger partial charge in [0.2, 0.25) is 5.78 Å². The zero-order valence-electron chi connectivity index (χ0n) is 14.2. The summed E-state index contributed by atoms with van der Waals surface area (Å²) >= 11 is 0. The molecule has 1 fully saturated rings. The molecule has 2 aromatic carbocycles. The predicted molar refractivity (Wildman–Crippen MR) is 96.9 cm³/mol. The summed E-state index contributed by atoms with van der Waals surface area (Å²) in [6.07, 6.45) is 1.20. The molecule has 0 aromatic heterocycles. The monoisotopic (exact) mass is 355 g/mol. The first-order chi connectivity index (χ1) is 13.1. The standard InChI is InChI=1S/C22H13NO4/c24-17-11-16(20(25)13-6-2-1-5-12(13)17)18-19(23-9-10-23)22(27)15-8-4-3-7-14(15)21(18)26/h1-8,11H,9-10H2. The number of benzene rings is 2. The molecule has 5 nitrogen and oxygen atoms in total. The maximum Gasteiger partial charge on any atom is 0.210 e. The first kappa shape index (κ1) is 15.6. The van der Waals surface area contributed by atoms with E-state index in [4.69, 9.17) is 0 Å². The molecule has 27 heavy (non-hydrogen) atoms. The zero-order valence-corrected chi connectivity index (χ0v) is 14.2. The topological polar surface area (TPSA) is 71.3 Å². The molecule has 0 bridgehead atoms. The fraction of sp³-hybridized carbons (Fsp3) is 0.0909. The molecular formula is C22H13NO4. The predicted octanol–water partition coefficient (Wildman–Crippen LogP) is 2.64. The number of Topliss-reactive ketones (excluding diaryl/α,β-unsaturated/α-hetero) is 3. The Hall–Kier alpha value is -3.60. The summed E-state index contributed by atoms with van der Waals surface area (Å²) < 4.78 is 0. The third-order valence-electron chi connectivity index (χ3n) is 5.09. The number of hydrogen-bond donors (Lipinski definition) is 0. The van der Waals surface area contributed by atoms with Crippen LogP contribution in [0.2, 0.25) is 0 Å². The minimum absolute atomic E-state index is 0.00783. The molecule has 5 rings (SSSR count). The summed E-state index contributed by atoms with van der Waals surface area (Å²) in [5, 5.41) is 0. The number of carbonyl (C=O) groups is 4. The second-order valence-corrected chi connectivity index (χ2v) is 6.71. The molecule has 0 N–H and O–H groups in total. The molecule has 0 unspecified atom stereocenters. The quantitative estimate of drug-likeness (QED) is 0.775. The van der Waals surface area contributed by atoms with Crippen LogP contribution in [0, 0.1) is 0 Å². The fourth-order valence-corrected chi connectivity index (χ4v) is 3.69. The number of nitrogens with zero attached hydrogens (tertiary/aromatic N) is 1. The van der Waals surface area contributed by atoms with Crippen molar-refractivity contribution in [1.82, 2.24) is 4.90 Å². The average Bonchev–Trinajstić information content (AvgIpc) is 3.52. The number of hydrogen-bond acceptors (Lipinski definition) is 5. The Labute approximate surface area is 154 Å². The van der Waals surface area contributed by atoms with Crippen LogP contribution < -0.4 is 0 Å². The van der Waals surface area contributed by atoms with E-state index in [9.17, 15) is 19.2 Å². The van der Waals surface area contributed by atoms with Crippen molar-refractivity contribution in [2.75, 3.05) is 13.1 Å². The first-order valence-electron chi connectivity index (χ1n) is 8.65. The number of allylic oxidation sites excluding steroid dienone is 4. The van der Waals surface area contributed by atoms with Gasteiger partial charge in [-0.3, -0.25) is 19.2 Å². The normalized spacial score (nSPS) is 18.4. The van der Waals surface area contributed by atoms with E-state index in [1.54, 1.807) is 53.4 Å². The Kier molecular flexibility index (Phi) is 3.15. The molecule has 1 aliphatic heterocycles. The highest BCUT2D eigenvalue weighted by Crippen LogP contribution is 2.37. The molecule has 0 saturated carbocycles. The van der Waals surface area contributed by atoms with E-state index >= 15 is 0 Å². The highest BCUT2D eigenvalue weighted by Gasteiger charge is 2.42. The largest absolute Gasteiger partial charge is 0.364 e. The highest BCUT2D eigenvalue weighted by molar-refractivity contribution is 6.35. The molecule has 2 aromatic rings. The Morgan fingerprint density at radius 2 is 1.15 bits per heavy atom. The molecule has 3 aliphatic rings. The van der Waals surface area contributed by atoms with E-state index in [2.05, 4.69) is 0 Å². The van der Waals surface area contributed by atoms with Gasteiger partial charge in [-0.05, 0) is 6.08 Å². The van der Waals surface area contributed by atoms with Crippen molar-refractivity contribution >= 4 is 23.1 Å². The Morgan fingerprint density at radius 3 is 1.74 bits per heavy atom. The van der Waals surface area contributed by atoms with E-state index in [-0.39, 0.29) is 45.3 Å². The lowest BCUT2D eigenvalue weighted by Gasteiger charge is -2.24. The van der Waals surface area contributed by atoms with Crippen LogP contribution in [0.5, 0.6) is 0 Å². The smallest absolute Gasteiger partial charge is 0.210 e. The van der Waals surface area contributed by atoms with Crippen LogP contribution in [-0.4, -0.2) is 41.1 Å². The van der Waals surface area contributed by atoms with Gasteiger partial charge in [-0.2, -0.15) is 0 Å². The molecule has 0 amide bonds. The molecule has 0 atom stereocenters. The zero-order chi connectivity index (χ0) is 18.7. The van der Waals surface area contributed by atoms with Crippen molar-refractivity contribution < 1.29 is 19.2 Å². The Morgan fingerprint density at radius 1 is 0.630 bits per heavy atom. The van der Waals surface area contributed by atoms with Gasteiger partial charge in [-0.25, -0.2) is 0 Å². The van der Waals surface area contributed by atoms with E-state index in [1.807, 2.05) is 0 Å². The third-order valence-corrected chi connectivity index (χ3v) is 5.09. The van der Waals surface area contributed by atoms with Crippen LogP contribution in [-0.2, 0) is 0 Å². The van der Waals surface area contributed by atoms with Gasteiger partial charge in [-0.15, -0.1) is 0 Å². The van der Waals surface area contributed by atoms with Gasteiger partial charge in [-0.1, -0.05) is 48.5 Å². The molecular weight excluding hydrogens is 342 g/mol. The van der Waals surface area contributed by atoms with E-state index < -0.39 is 5.78 Å². The van der Waals surface area contributed by atoms with Crippen LogP contribution in [0.4, 0.5) is 0 Å². The van der Waals surface area contributed by atoms with Gasteiger partial charge in [0, 0.05) is 40.9 Å². The summed E-state index contributed by atoms with van der Waals surface area (Å²) in [7, 11) is 0. The van der Waals surface area contributed by atoms with Gasteiger partial charge < -0.3 is 4.90 Å². The minimum Gasteiger partial charge on any atom is -0.364 e. The number of ketones is 4. The van der Waals surface area contributed by atoms with Crippen molar-refractivity contribution in [3.05, 3.63) is 93.7 Å². The fourth-order valence-electron chi connectivity index (χ4n) is 3.69. The lowest BCUT2D eigenvalue weighted by Crippen LogP contribution is -2.30. The van der Waals surface area contributed by atoms with Gasteiger partial charge in [0.25, 0.3) is 0 Å². The SMILES string of the molecule is O=C1C=C(C2=C(N3CC3)C(=O)c3ccccc3C2=O)C(=O)c2ccccc21. The lowest BCUT2D eigenvalue weighted by molar-refractivity contribution is 0.0948. The molecule has 1 saturated heterocycles. The third kappa shape index (κ3) is 2.18. The second-order valence-electron chi connectivity index (χ2n) is 6.71. The Bertz CT molecular complexity index is 1150. The maximum absolute atomic E-state index is 13.2. The first-order valence-corrected chi connectivity index (χ1v) is 8.65. The maximum atomic E-state index is 13.2. The molecule has 5 heteroatoms. The van der Waals surface area contributed by atoms with Crippen molar-refractivity contribution in [2.24, 2.45) is 0 Å². The number of fused-ring (bicyclic) bond motifs is 2. The molecule has 0 radical (unpaired) electrons. The molecule has 1 heterocycles. The van der Waals surface area contributed by atoms with E-state index in [0.29, 0.717) is 24.2 Å². The summed E-state index contributed by atoms with van der Waals surface area (Å²) in [5.41, 5.74) is 1.46. The Balaban J connectivity index is 1.75. The van der Waals surface area contributed by atoms with Gasteiger partial charge in [0.05, 0.1) is 11.3 Å². The highest BCUT2D eigenvalue weighted by atomic mass is 16.2. The van der Waals surface area contributed by atoms with E-state index in [0.717, 1.165) is 0 Å². The second kappa shape index (κ2) is 5.45. The summed E-state index contributed by atoms with van der Waals surface area (Å²) in [4.78, 5) is 53.7. The molecule has 130 valence electrons. The van der Waals surface area contributed by atoms with Gasteiger partial charge in [0.15, 0.2) is 17.3 Å². The van der Waals surface area contributed by atoms with Gasteiger partial charge in [0.1, 0.15) is 0 Å². The van der Waals surface area contributed by atoms with Crippen LogP contribution in [0.3, 0.4) is 0 Å². The van der Waals surface area contributed by atoms with Crippen LogP contribution >= 0.6 is 0 Å². The van der Waals surface area contributed by atoms with Crippen molar-refractivity contribution in [1.29, 1.82) is 0 Å². The van der Waals surface area contributed by atoms with Crippen LogP contribution in [0.25, 0.3) is 0 Å². The summed E-state index contributed by atoms with van der Waals surface area (Å²) in [5.74, 6) is -1.41. The lowest BCUT2D eigenvalue weighted by atomic mass is 9.78. The molecule has 0 spiro atoms. The van der Waals surface area contributed by atoms with Crippen LogP contribution in [0.1, 0.15) is 41.4 Å². The summed E-state index contributed by atoms with van der Waals surface area (Å²) in [6.45, 7) is 1.29. The minimum atomic E-state index is -0.403. The average molecular weight is 355 g/mol. The molecule has 2 aliphatic carbocycles. The van der Waals surface area contributed by atoms with E-state index in [1.165, 1.54) is 6.08 Å². The van der Waals surface area contributed by atoms with Crippen molar-refractivity contribution in [3.8, 4) is 0 Å². The van der Waals surface area contributed by atoms with Crippen molar-refractivity contribution in [3.63, 3.8) is 0 Å². The number of carbonyl (C=O) groups excluding carboxylic acids is 4. The number of rotatable bonds is 2.